The molecule has 0 spiro atoms. The lowest BCUT2D eigenvalue weighted by atomic mass is 10.1. The van der Waals surface area contributed by atoms with E-state index in [0.29, 0.717) is 6.42 Å². The van der Waals surface area contributed by atoms with E-state index in [4.69, 9.17) is 4.74 Å². The number of nitrogens with one attached hydrogen (secondary N) is 1. The highest BCUT2D eigenvalue weighted by molar-refractivity contribution is 5.57. The molecule has 112 valence electrons. The molecule has 0 aliphatic heterocycles. The molecule has 2 unspecified atom stereocenters. The molecule has 20 heavy (non-hydrogen) atoms. The van der Waals surface area contributed by atoms with Crippen molar-refractivity contribution in [2.75, 3.05) is 0 Å². The number of alkyl carbamates (subject to hydrolysis) is 1. The number of ether oxygens (including phenoxy) is 1. The van der Waals surface area contributed by atoms with Crippen molar-refractivity contribution in [3.8, 4) is 0 Å². The number of hydroxylamine groups is 2. The molecule has 0 aromatic heterocycles. The first-order valence-electron chi connectivity index (χ1n) is 7.11. The summed E-state index contributed by atoms with van der Waals surface area (Å²) in [5, 5.41) is 11.5. The third kappa shape index (κ3) is 6.17. The molecule has 0 bridgehead atoms. The predicted molar refractivity (Wildman–Crippen MR) is 79.4 cm³/mol. The normalized spacial score (nSPS) is 14.7. The summed E-state index contributed by atoms with van der Waals surface area (Å²) in [5.41, 5.74) is 0.640. The van der Waals surface area contributed by atoms with Gasteiger partial charge in [0.1, 0.15) is 5.60 Å². The summed E-state index contributed by atoms with van der Waals surface area (Å²) >= 11 is 0. The summed E-state index contributed by atoms with van der Waals surface area (Å²) in [6, 6.07) is 9.85. The standard InChI is InChI=1S/C16H25NO3/c1-13(17(19)15(18)20-16(2,3)4)9-8-12-14-10-6-5-7-11-14/h5-7,10-11,13,17H,8-9,12H2,1-4H3. The molecule has 0 aliphatic rings. The maximum atomic E-state index is 11.9. The van der Waals surface area contributed by atoms with Gasteiger partial charge in [0, 0.05) is 6.42 Å². The Morgan fingerprint density at radius 2 is 1.90 bits per heavy atom. The number of carbonyl (C=O) groups is 1. The third-order valence-corrected chi connectivity index (χ3v) is 2.99. The Bertz CT molecular complexity index is 411. The molecule has 0 saturated carbocycles. The molecule has 0 aliphatic carbocycles. The van der Waals surface area contributed by atoms with E-state index >= 15 is 0 Å². The summed E-state index contributed by atoms with van der Waals surface area (Å²) in [7, 11) is 0. The molecule has 1 rings (SSSR count). The van der Waals surface area contributed by atoms with E-state index in [2.05, 4.69) is 12.1 Å². The number of hydrogen-bond acceptors (Lipinski definition) is 3. The predicted octanol–water partition coefficient (Wildman–Crippen LogP) is 2.72. The summed E-state index contributed by atoms with van der Waals surface area (Å²) < 4.78 is 5.10. The Morgan fingerprint density at radius 1 is 1.30 bits per heavy atom. The van der Waals surface area contributed by atoms with Gasteiger partial charge in [-0.15, -0.1) is 0 Å². The van der Waals surface area contributed by atoms with E-state index in [1.165, 1.54) is 5.56 Å². The second-order valence-corrected chi connectivity index (χ2v) is 6.15. The van der Waals surface area contributed by atoms with Crippen molar-refractivity contribution >= 4 is 6.09 Å². The van der Waals surface area contributed by atoms with Crippen molar-refractivity contribution in [1.82, 2.24) is 0 Å². The molecule has 0 saturated heterocycles. The monoisotopic (exact) mass is 279 g/mol. The van der Waals surface area contributed by atoms with Crippen LogP contribution in [0.25, 0.3) is 0 Å². The van der Waals surface area contributed by atoms with Gasteiger partial charge < -0.3 is 9.94 Å². The van der Waals surface area contributed by atoms with E-state index in [1.54, 1.807) is 27.7 Å². The molecule has 2 atom stereocenters. The maximum Gasteiger partial charge on any atom is 0.515 e. The average molecular weight is 279 g/mol. The van der Waals surface area contributed by atoms with Crippen LogP contribution in [0.1, 0.15) is 46.1 Å². The number of rotatable bonds is 5. The van der Waals surface area contributed by atoms with E-state index in [-0.39, 0.29) is 6.04 Å². The Morgan fingerprint density at radius 3 is 2.45 bits per heavy atom. The van der Waals surface area contributed by atoms with Crippen LogP contribution in [0.15, 0.2) is 30.3 Å². The van der Waals surface area contributed by atoms with Crippen molar-refractivity contribution in [3.63, 3.8) is 0 Å². The molecule has 1 aromatic rings. The fraction of sp³-hybridized carbons (Fsp3) is 0.562. The Labute approximate surface area is 121 Å². The third-order valence-electron chi connectivity index (χ3n) is 2.99. The van der Waals surface area contributed by atoms with E-state index < -0.39 is 16.8 Å². The van der Waals surface area contributed by atoms with Gasteiger partial charge in [-0.3, -0.25) is 5.06 Å². The van der Waals surface area contributed by atoms with Gasteiger partial charge in [-0.05, 0) is 46.1 Å². The zero-order chi connectivity index (χ0) is 15.2. The van der Waals surface area contributed by atoms with Gasteiger partial charge in [-0.25, -0.2) is 0 Å². The lowest BCUT2D eigenvalue weighted by molar-refractivity contribution is -0.797. The number of benzene rings is 1. The second kappa shape index (κ2) is 7.41. The Kier molecular flexibility index (Phi) is 6.17. The highest BCUT2D eigenvalue weighted by atomic mass is 16.6. The summed E-state index contributed by atoms with van der Waals surface area (Å²) in [6.45, 7) is 7.08. The SMILES string of the molecule is CC(CCCc1ccccc1)[NH+]([O-])C(=O)OC(C)(C)C. The van der Waals surface area contributed by atoms with Gasteiger partial charge >= 0.3 is 6.09 Å². The molecular formula is C16H25NO3. The van der Waals surface area contributed by atoms with Crippen LogP contribution in [0.2, 0.25) is 0 Å². The van der Waals surface area contributed by atoms with Crippen LogP contribution in [-0.2, 0) is 11.2 Å². The minimum absolute atomic E-state index is 0.284. The summed E-state index contributed by atoms with van der Waals surface area (Å²) in [5.74, 6) is 0. The second-order valence-electron chi connectivity index (χ2n) is 6.15. The first-order chi connectivity index (χ1) is 9.29. The van der Waals surface area contributed by atoms with Crippen LogP contribution < -0.4 is 5.06 Å². The van der Waals surface area contributed by atoms with E-state index in [9.17, 15) is 10.0 Å². The van der Waals surface area contributed by atoms with Gasteiger partial charge in [0.25, 0.3) is 0 Å². The molecule has 4 heteroatoms. The van der Waals surface area contributed by atoms with E-state index in [1.807, 2.05) is 18.2 Å². The molecule has 1 N–H and O–H groups in total. The van der Waals surface area contributed by atoms with Crippen molar-refractivity contribution in [3.05, 3.63) is 41.1 Å². The average Bonchev–Trinajstić information content (AvgIpc) is 2.37. The van der Waals surface area contributed by atoms with Crippen molar-refractivity contribution in [2.24, 2.45) is 0 Å². The number of carbonyl (C=O) groups excluding carboxylic acids is 1. The van der Waals surface area contributed by atoms with Gasteiger partial charge in [0.05, 0.1) is 6.04 Å². The van der Waals surface area contributed by atoms with Gasteiger partial charge in [0.2, 0.25) is 0 Å². The quantitative estimate of drug-likeness (QED) is 0.843. The zero-order valence-corrected chi connectivity index (χ0v) is 12.8. The smallest absolute Gasteiger partial charge is 0.515 e. The van der Waals surface area contributed by atoms with Crippen LogP contribution in [-0.4, -0.2) is 17.7 Å². The lowest BCUT2D eigenvalue weighted by Crippen LogP contribution is -3.13. The molecule has 1 aromatic carbocycles. The first kappa shape index (κ1) is 16.7. The van der Waals surface area contributed by atoms with Gasteiger partial charge in [-0.2, -0.15) is 4.79 Å². The molecule has 0 radical (unpaired) electrons. The molecule has 0 heterocycles. The number of hydrogen-bond donors (Lipinski definition) is 1. The highest BCUT2D eigenvalue weighted by Gasteiger charge is 2.25. The zero-order valence-electron chi connectivity index (χ0n) is 12.8. The fourth-order valence-corrected chi connectivity index (χ4v) is 1.92. The van der Waals surface area contributed by atoms with Crippen molar-refractivity contribution < 1.29 is 14.6 Å². The van der Waals surface area contributed by atoms with Crippen LogP contribution >= 0.6 is 0 Å². The van der Waals surface area contributed by atoms with Crippen LogP contribution in [0.5, 0.6) is 0 Å². The topological polar surface area (TPSA) is 53.8 Å². The molecule has 4 nitrogen and oxygen atoms in total. The fourth-order valence-electron chi connectivity index (χ4n) is 1.92. The minimum atomic E-state index is -0.718. The highest BCUT2D eigenvalue weighted by Crippen LogP contribution is 2.07. The number of quaternary nitrogens is 1. The Balaban J connectivity index is 2.35. The number of aryl methyl sites for hydroxylation is 1. The molecule has 1 amide bonds. The molecular weight excluding hydrogens is 254 g/mol. The Hall–Kier alpha value is -1.39. The number of amides is 1. The molecule has 0 fully saturated rings. The maximum absolute atomic E-state index is 11.9. The first-order valence-corrected chi connectivity index (χ1v) is 7.11. The largest absolute Gasteiger partial charge is 0.624 e. The summed E-state index contributed by atoms with van der Waals surface area (Å²) in [6.07, 6.45) is 1.80. The summed E-state index contributed by atoms with van der Waals surface area (Å²) in [4.78, 5) is 11.7. The minimum Gasteiger partial charge on any atom is -0.624 e. The lowest BCUT2D eigenvalue weighted by Gasteiger charge is -2.28. The van der Waals surface area contributed by atoms with E-state index in [0.717, 1.165) is 12.8 Å². The van der Waals surface area contributed by atoms with Gasteiger partial charge in [-0.1, -0.05) is 30.3 Å². The van der Waals surface area contributed by atoms with Crippen LogP contribution in [0.4, 0.5) is 4.79 Å². The van der Waals surface area contributed by atoms with Gasteiger partial charge in [0.15, 0.2) is 0 Å². The van der Waals surface area contributed by atoms with Crippen LogP contribution in [0, 0.1) is 5.21 Å². The van der Waals surface area contributed by atoms with Crippen molar-refractivity contribution in [2.45, 2.75) is 58.6 Å². The van der Waals surface area contributed by atoms with Crippen LogP contribution in [0.3, 0.4) is 0 Å². The van der Waals surface area contributed by atoms with Crippen molar-refractivity contribution in [1.29, 1.82) is 0 Å².